The number of benzene rings is 1. The maximum Gasteiger partial charge on any atom is 0.221 e. The second kappa shape index (κ2) is 12.3. The first-order valence-electron chi connectivity index (χ1n) is 10.7. The number of amides is 1. The third-order valence-electron chi connectivity index (χ3n) is 5.28. The number of ether oxygens (including phenoxy) is 1. The van der Waals surface area contributed by atoms with Gasteiger partial charge >= 0.3 is 0 Å². The Hall–Kier alpha value is -2.28. The summed E-state index contributed by atoms with van der Waals surface area (Å²) in [5.41, 5.74) is 7.89. The van der Waals surface area contributed by atoms with Crippen LogP contribution in [0.1, 0.15) is 37.3 Å². The molecule has 0 bridgehead atoms. The van der Waals surface area contributed by atoms with Crippen LogP contribution in [0.5, 0.6) is 5.75 Å². The highest BCUT2D eigenvalue weighted by atomic mass is 16.5. The lowest BCUT2D eigenvalue weighted by Gasteiger charge is -2.30. The van der Waals surface area contributed by atoms with Gasteiger partial charge in [0.15, 0.2) is 5.96 Å². The zero-order valence-corrected chi connectivity index (χ0v) is 18.2. The number of primary amides is 1. The zero-order valence-electron chi connectivity index (χ0n) is 18.2. The van der Waals surface area contributed by atoms with Crippen molar-refractivity contribution in [3.05, 3.63) is 29.3 Å². The number of piperidine rings is 1. The Morgan fingerprint density at radius 3 is 2.93 bits per heavy atom. The number of guanidine groups is 1. The molecule has 162 valence electrons. The quantitative estimate of drug-likeness (QED) is 0.314. The number of rotatable bonds is 10. The Morgan fingerprint density at radius 1 is 1.38 bits per heavy atom. The number of methoxy groups -OCH3 is 1. The fourth-order valence-electron chi connectivity index (χ4n) is 3.74. The van der Waals surface area contributed by atoms with Gasteiger partial charge in [-0.2, -0.15) is 0 Å². The molecule has 0 aromatic heterocycles. The second-order valence-corrected chi connectivity index (χ2v) is 7.65. The van der Waals surface area contributed by atoms with E-state index in [4.69, 9.17) is 10.5 Å². The molecular formula is C22H37N5O2. The predicted molar refractivity (Wildman–Crippen MR) is 118 cm³/mol. The van der Waals surface area contributed by atoms with Gasteiger partial charge in [0, 0.05) is 26.2 Å². The van der Waals surface area contributed by atoms with Crippen LogP contribution in [0.3, 0.4) is 0 Å². The van der Waals surface area contributed by atoms with E-state index in [9.17, 15) is 4.79 Å². The van der Waals surface area contributed by atoms with Crippen molar-refractivity contribution >= 4 is 11.9 Å². The second-order valence-electron chi connectivity index (χ2n) is 7.65. The Morgan fingerprint density at radius 2 is 2.21 bits per heavy atom. The van der Waals surface area contributed by atoms with Crippen LogP contribution in [0.2, 0.25) is 0 Å². The number of hydrogen-bond donors (Lipinski definition) is 3. The number of nitrogens with two attached hydrogens (primary N) is 1. The van der Waals surface area contributed by atoms with Crippen LogP contribution < -0.4 is 21.1 Å². The van der Waals surface area contributed by atoms with E-state index in [1.165, 1.54) is 11.1 Å². The van der Waals surface area contributed by atoms with E-state index < -0.39 is 0 Å². The lowest BCUT2D eigenvalue weighted by Crippen LogP contribution is -2.41. The molecule has 29 heavy (non-hydrogen) atoms. The van der Waals surface area contributed by atoms with Crippen LogP contribution >= 0.6 is 0 Å². The number of nitrogens with zero attached hydrogens (tertiary/aromatic N) is 2. The summed E-state index contributed by atoms with van der Waals surface area (Å²) in [6.45, 7) is 9.31. The number of likely N-dealkylation sites (tertiary alicyclic amines) is 1. The summed E-state index contributed by atoms with van der Waals surface area (Å²) in [5.74, 6) is 1.60. The standard InChI is InChI=1S/C22H37N5O2/c1-4-24-22(26-12-10-18-15-17(2)8-9-20(18)29-3)25-11-6-14-27-13-5-7-19(16-27)21(23)28/h8-9,15,19H,4-7,10-14,16H2,1-3H3,(H2,23,28)(H2,24,25,26). The minimum Gasteiger partial charge on any atom is -0.496 e. The van der Waals surface area contributed by atoms with E-state index in [1.807, 2.05) is 6.07 Å². The van der Waals surface area contributed by atoms with Gasteiger partial charge in [0.25, 0.3) is 0 Å². The first-order valence-corrected chi connectivity index (χ1v) is 10.7. The number of nitrogens with one attached hydrogen (secondary N) is 2. The predicted octanol–water partition coefficient (Wildman–Crippen LogP) is 1.69. The Balaban J connectivity index is 1.76. The molecule has 0 saturated carbocycles. The Bertz CT molecular complexity index is 677. The Kier molecular flexibility index (Phi) is 9.77. The molecule has 1 atom stereocenters. The summed E-state index contributed by atoms with van der Waals surface area (Å²) in [7, 11) is 1.71. The topological polar surface area (TPSA) is 92.0 Å². The molecule has 1 aromatic carbocycles. The third-order valence-corrected chi connectivity index (χ3v) is 5.28. The molecule has 1 amide bonds. The van der Waals surface area contributed by atoms with Crippen LogP contribution in [-0.4, -0.2) is 63.1 Å². The van der Waals surface area contributed by atoms with Gasteiger partial charge in [-0.3, -0.25) is 9.79 Å². The maximum atomic E-state index is 11.4. The van der Waals surface area contributed by atoms with E-state index in [0.29, 0.717) is 0 Å². The SMILES string of the molecule is CCNC(=NCCCN1CCCC(C(N)=O)C1)NCCc1cc(C)ccc1OC. The van der Waals surface area contributed by atoms with Crippen LogP contribution in [-0.2, 0) is 11.2 Å². The fourth-order valence-corrected chi connectivity index (χ4v) is 3.74. The fraction of sp³-hybridized carbons (Fsp3) is 0.636. The van der Waals surface area contributed by atoms with E-state index in [1.54, 1.807) is 7.11 Å². The van der Waals surface area contributed by atoms with Crippen molar-refractivity contribution in [2.75, 3.05) is 46.4 Å². The van der Waals surface area contributed by atoms with E-state index in [0.717, 1.165) is 76.7 Å². The molecule has 1 aliphatic rings. The molecule has 0 radical (unpaired) electrons. The highest BCUT2D eigenvalue weighted by Gasteiger charge is 2.23. The molecule has 4 N–H and O–H groups in total. The van der Waals surface area contributed by atoms with Gasteiger partial charge in [-0.15, -0.1) is 0 Å². The van der Waals surface area contributed by atoms with Crippen LogP contribution in [0.4, 0.5) is 0 Å². The molecule has 7 nitrogen and oxygen atoms in total. The molecule has 1 aliphatic heterocycles. The van der Waals surface area contributed by atoms with Crippen molar-refractivity contribution in [2.24, 2.45) is 16.6 Å². The van der Waals surface area contributed by atoms with Crippen molar-refractivity contribution < 1.29 is 9.53 Å². The normalized spacial score (nSPS) is 17.8. The molecule has 1 unspecified atom stereocenters. The molecule has 1 saturated heterocycles. The molecule has 1 aromatic rings. The average Bonchev–Trinajstić information content (AvgIpc) is 2.71. The average molecular weight is 404 g/mol. The van der Waals surface area contributed by atoms with Gasteiger partial charge in [0.1, 0.15) is 5.75 Å². The van der Waals surface area contributed by atoms with Crippen LogP contribution in [0.15, 0.2) is 23.2 Å². The van der Waals surface area contributed by atoms with Crippen LogP contribution in [0, 0.1) is 12.8 Å². The molecule has 2 rings (SSSR count). The minimum absolute atomic E-state index is 0.00449. The summed E-state index contributed by atoms with van der Waals surface area (Å²) in [5, 5.41) is 6.71. The summed E-state index contributed by atoms with van der Waals surface area (Å²) >= 11 is 0. The first-order chi connectivity index (χ1) is 14.0. The number of carbonyl (C=O) groups excluding carboxylic acids is 1. The first kappa shape index (κ1) is 23.0. The smallest absolute Gasteiger partial charge is 0.221 e. The molecule has 0 aliphatic carbocycles. The third kappa shape index (κ3) is 7.93. The highest BCUT2D eigenvalue weighted by molar-refractivity contribution is 5.79. The monoisotopic (exact) mass is 403 g/mol. The van der Waals surface area contributed by atoms with Gasteiger partial charge in [-0.05, 0) is 64.3 Å². The largest absolute Gasteiger partial charge is 0.496 e. The number of aryl methyl sites for hydroxylation is 1. The summed E-state index contributed by atoms with van der Waals surface area (Å²) < 4.78 is 5.46. The minimum atomic E-state index is -0.170. The van der Waals surface area contributed by atoms with Gasteiger partial charge in [0.2, 0.25) is 5.91 Å². The molecule has 0 spiro atoms. The van der Waals surface area contributed by atoms with Gasteiger partial charge in [0.05, 0.1) is 13.0 Å². The lowest BCUT2D eigenvalue weighted by atomic mass is 9.97. The van der Waals surface area contributed by atoms with Crippen molar-refractivity contribution in [3.63, 3.8) is 0 Å². The number of aliphatic imine (C=N–C) groups is 1. The maximum absolute atomic E-state index is 11.4. The van der Waals surface area contributed by atoms with Crippen molar-refractivity contribution in [3.8, 4) is 5.75 Å². The van der Waals surface area contributed by atoms with E-state index in [2.05, 4.69) is 46.5 Å². The molecule has 1 heterocycles. The summed E-state index contributed by atoms with van der Waals surface area (Å²) in [4.78, 5) is 18.4. The molecule has 1 fully saturated rings. The summed E-state index contributed by atoms with van der Waals surface area (Å²) in [6.07, 6.45) is 3.80. The van der Waals surface area contributed by atoms with Crippen molar-refractivity contribution in [2.45, 2.75) is 39.5 Å². The summed E-state index contributed by atoms with van der Waals surface area (Å²) in [6, 6.07) is 6.26. The van der Waals surface area contributed by atoms with E-state index >= 15 is 0 Å². The highest BCUT2D eigenvalue weighted by Crippen LogP contribution is 2.19. The number of carbonyl (C=O) groups is 1. The van der Waals surface area contributed by atoms with E-state index in [-0.39, 0.29) is 11.8 Å². The lowest BCUT2D eigenvalue weighted by molar-refractivity contribution is -0.123. The molecular weight excluding hydrogens is 366 g/mol. The van der Waals surface area contributed by atoms with Gasteiger partial charge in [-0.1, -0.05) is 17.7 Å². The van der Waals surface area contributed by atoms with Gasteiger partial charge in [-0.25, -0.2) is 0 Å². The number of hydrogen-bond acceptors (Lipinski definition) is 4. The Labute approximate surface area is 175 Å². The van der Waals surface area contributed by atoms with Crippen molar-refractivity contribution in [1.82, 2.24) is 15.5 Å². The molecule has 7 heteroatoms. The zero-order chi connectivity index (χ0) is 21.1. The van der Waals surface area contributed by atoms with Crippen LogP contribution in [0.25, 0.3) is 0 Å². The van der Waals surface area contributed by atoms with Crippen molar-refractivity contribution in [1.29, 1.82) is 0 Å². The van der Waals surface area contributed by atoms with Gasteiger partial charge < -0.3 is 26.0 Å².